The molecule has 12 heteroatoms. The number of aldehydes is 1. The Labute approximate surface area is 200 Å². The molecule has 0 aliphatic carbocycles. The van der Waals surface area contributed by atoms with Crippen LogP contribution in [0.5, 0.6) is 0 Å². The second kappa shape index (κ2) is 10.0. The summed E-state index contributed by atoms with van der Waals surface area (Å²) in [6, 6.07) is 1.60. The fraction of sp³-hybridized carbons (Fsp3) is 0.435. The number of benzene rings is 1. The lowest BCUT2D eigenvalue weighted by Gasteiger charge is -2.43. The fourth-order valence-electron chi connectivity index (χ4n) is 4.51. The van der Waals surface area contributed by atoms with E-state index in [2.05, 4.69) is 15.6 Å². The van der Waals surface area contributed by atoms with Gasteiger partial charge in [0, 0.05) is 31.2 Å². The molecule has 1 aromatic carbocycles. The zero-order chi connectivity index (χ0) is 25.1. The molecule has 0 saturated carbocycles. The molecule has 3 aliphatic heterocycles. The Hall–Kier alpha value is -4.09. The fourth-order valence-corrected chi connectivity index (χ4v) is 4.51. The molecule has 1 aromatic rings. The number of hydrazine groups is 1. The Balaban J connectivity index is 1.52. The quantitative estimate of drug-likeness (QED) is 0.449. The summed E-state index contributed by atoms with van der Waals surface area (Å²) in [5.41, 5.74) is 2.03. The molecule has 0 aromatic heterocycles. The number of fused-ring (bicyclic) bond motifs is 2. The molecule has 0 spiro atoms. The van der Waals surface area contributed by atoms with Crippen molar-refractivity contribution in [2.45, 2.75) is 56.7 Å². The summed E-state index contributed by atoms with van der Waals surface area (Å²) in [6.07, 6.45) is 2.77. The van der Waals surface area contributed by atoms with Gasteiger partial charge in [0.1, 0.15) is 18.4 Å². The van der Waals surface area contributed by atoms with E-state index in [-0.39, 0.29) is 31.7 Å². The van der Waals surface area contributed by atoms with Crippen LogP contribution in [0.1, 0.15) is 48.0 Å². The van der Waals surface area contributed by atoms with Crippen LogP contribution in [0.15, 0.2) is 23.2 Å². The maximum absolute atomic E-state index is 13.5. The van der Waals surface area contributed by atoms with Gasteiger partial charge in [-0.25, -0.2) is 5.01 Å². The second-order valence-corrected chi connectivity index (χ2v) is 8.63. The van der Waals surface area contributed by atoms with Crippen LogP contribution in [-0.2, 0) is 30.4 Å². The van der Waals surface area contributed by atoms with Crippen molar-refractivity contribution >= 4 is 47.8 Å². The van der Waals surface area contributed by atoms with Crippen LogP contribution in [-0.4, -0.2) is 81.9 Å². The van der Waals surface area contributed by atoms with Crippen LogP contribution in [0.4, 0.5) is 5.69 Å². The van der Waals surface area contributed by atoms with Gasteiger partial charge >= 0.3 is 5.97 Å². The molecule has 12 nitrogen and oxygen atoms in total. The predicted octanol–water partition coefficient (Wildman–Crippen LogP) is -0.270. The number of carboxylic acids is 1. The molecule has 3 heterocycles. The van der Waals surface area contributed by atoms with Crippen molar-refractivity contribution in [3.8, 4) is 0 Å². The number of aliphatic imine (C=N–C) groups is 1. The van der Waals surface area contributed by atoms with Crippen molar-refractivity contribution in [2.24, 2.45) is 4.99 Å². The summed E-state index contributed by atoms with van der Waals surface area (Å²) in [6.45, 7) is 0.228. The number of nitrogens with one attached hydrogen (secondary N) is 2. The zero-order valence-electron chi connectivity index (χ0n) is 18.8. The van der Waals surface area contributed by atoms with Crippen LogP contribution in [0.2, 0.25) is 0 Å². The molecule has 35 heavy (non-hydrogen) atoms. The number of hydrogen-bond acceptors (Lipinski definition) is 7. The number of amides is 4. The van der Waals surface area contributed by atoms with Crippen molar-refractivity contribution in [1.29, 1.82) is 0 Å². The van der Waals surface area contributed by atoms with Gasteiger partial charge in [0.05, 0.1) is 18.2 Å². The van der Waals surface area contributed by atoms with Crippen molar-refractivity contribution in [1.82, 2.24) is 20.7 Å². The van der Waals surface area contributed by atoms with E-state index in [1.165, 1.54) is 5.01 Å². The lowest BCUT2D eigenvalue weighted by molar-refractivity contribution is -0.176. The minimum absolute atomic E-state index is 0.00443. The summed E-state index contributed by atoms with van der Waals surface area (Å²) in [7, 11) is 0. The molecule has 4 rings (SSSR count). The Morgan fingerprint density at radius 3 is 2.77 bits per heavy atom. The highest BCUT2D eigenvalue weighted by molar-refractivity contribution is 6.00. The van der Waals surface area contributed by atoms with E-state index in [0.717, 1.165) is 16.3 Å². The Kier molecular flexibility index (Phi) is 6.90. The molecule has 184 valence electrons. The third kappa shape index (κ3) is 5.05. The van der Waals surface area contributed by atoms with Gasteiger partial charge in [-0.05, 0) is 43.0 Å². The first-order valence-corrected chi connectivity index (χ1v) is 11.4. The van der Waals surface area contributed by atoms with E-state index in [9.17, 15) is 28.8 Å². The summed E-state index contributed by atoms with van der Waals surface area (Å²) in [5, 5.41) is 16.2. The van der Waals surface area contributed by atoms with E-state index in [4.69, 9.17) is 5.11 Å². The molecule has 2 saturated heterocycles. The van der Waals surface area contributed by atoms with Crippen molar-refractivity contribution in [3.05, 3.63) is 29.3 Å². The van der Waals surface area contributed by atoms with E-state index < -0.39 is 48.2 Å². The molecule has 3 N–H and O–H groups in total. The monoisotopic (exact) mass is 483 g/mol. The molecule has 0 radical (unpaired) electrons. The lowest BCUT2D eigenvalue weighted by Crippen LogP contribution is -2.64. The molecule has 0 bridgehead atoms. The topological polar surface area (TPSA) is 166 Å². The summed E-state index contributed by atoms with van der Waals surface area (Å²) in [4.78, 5) is 78.5. The van der Waals surface area contributed by atoms with Gasteiger partial charge in [-0.2, -0.15) is 0 Å². The van der Waals surface area contributed by atoms with Crippen LogP contribution in [0.3, 0.4) is 0 Å². The number of nitrogens with zero attached hydrogens (tertiary/aromatic N) is 3. The molecular weight excluding hydrogens is 458 g/mol. The van der Waals surface area contributed by atoms with Gasteiger partial charge in [0.25, 0.3) is 11.8 Å². The maximum atomic E-state index is 13.5. The minimum Gasteiger partial charge on any atom is -0.481 e. The van der Waals surface area contributed by atoms with E-state index in [1.54, 1.807) is 24.4 Å². The molecule has 3 aliphatic rings. The van der Waals surface area contributed by atoms with Crippen LogP contribution in [0, 0.1) is 0 Å². The number of carboxylic acid groups (broad SMARTS) is 1. The van der Waals surface area contributed by atoms with Gasteiger partial charge in [0.2, 0.25) is 11.8 Å². The van der Waals surface area contributed by atoms with E-state index in [1.807, 2.05) is 0 Å². The first-order valence-electron chi connectivity index (χ1n) is 11.4. The van der Waals surface area contributed by atoms with Crippen molar-refractivity contribution < 1.29 is 33.9 Å². The first-order chi connectivity index (χ1) is 16.8. The van der Waals surface area contributed by atoms with Gasteiger partial charge < -0.3 is 20.5 Å². The summed E-state index contributed by atoms with van der Waals surface area (Å²) >= 11 is 0. The van der Waals surface area contributed by atoms with Crippen molar-refractivity contribution in [3.63, 3.8) is 0 Å². The summed E-state index contributed by atoms with van der Waals surface area (Å²) < 4.78 is 0. The molecular formula is C23H25N5O7. The maximum Gasteiger partial charge on any atom is 0.305 e. The molecule has 2 fully saturated rings. The normalized spacial score (nSPS) is 22.1. The molecule has 4 amide bonds. The van der Waals surface area contributed by atoms with Gasteiger partial charge in [-0.3, -0.25) is 34.0 Å². The van der Waals surface area contributed by atoms with Gasteiger partial charge in [0.15, 0.2) is 0 Å². The largest absolute Gasteiger partial charge is 0.481 e. The summed E-state index contributed by atoms with van der Waals surface area (Å²) in [5.74, 6) is -3.47. The first kappa shape index (κ1) is 24.0. The van der Waals surface area contributed by atoms with Crippen LogP contribution in [0.25, 0.3) is 0 Å². The number of aliphatic carboxylic acids is 1. The highest BCUT2D eigenvalue weighted by Gasteiger charge is 2.45. The minimum atomic E-state index is -1.27. The second-order valence-electron chi connectivity index (χ2n) is 8.63. The Morgan fingerprint density at radius 2 is 2.03 bits per heavy atom. The lowest BCUT2D eigenvalue weighted by atomic mass is 10.0. The average molecular weight is 483 g/mol. The highest BCUT2D eigenvalue weighted by Crippen LogP contribution is 2.27. The van der Waals surface area contributed by atoms with E-state index >= 15 is 0 Å². The zero-order valence-corrected chi connectivity index (χ0v) is 18.8. The van der Waals surface area contributed by atoms with Gasteiger partial charge in [-0.1, -0.05) is 0 Å². The third-order valence-electron chi connectivity index (χ3n) is 6.24. The molecule has 0 unspecified atom stereocenters. The van der Waals surface area contributed by atoms with Crippen molar-refractivity contribution in [2.75, 3.05) is 6.54 Å². The number of hydrogen-bond donors (Lipinski definition) is 3. The SMILES string of the molecule is O=C[C@H](CC(=O)O)NC(=O)[C@@H]1CCCN2C(=O)CC[C@H](NC(=O)c3ccc4c(c3)CC=N4)C(=O)N12. The van der Waals surface area contributed by atoms with Gasteiger partial charge in [-0.15, -0.1) is 0 Å². The number of carbonyl (C=O) groups is 6. The Morgan fingerprint density at radius 1 is 1.23 bits per heavy atom. The Bertz CT molecular complexity index is 1120. The third-order valence-corrected chi connectivity index (χ3v) is 6.24. The average Bonchev–Trinajstić information content (AvgIpc) is 3.28. The predicted molar refractivity (Wildman–Crippen MR) is 121 cm³/mol. The van der Waals surface area contributed by atoms with Crippen LogP contribution >= 0.6 is 0 Å². The van der Waals surface area contributed by atoms with Crippen LogP contribution < -0.4 is 10.6 Å². The number of rotatable bonds is 7. The molecule has 3 atom stereocenters. The van der Waals surface area contributed by atoms with E-state index in [0.29, 0.717) is 24.7 Å². The standard InChI is InChI=1S/C23H25N5O7/c29-12-15(11-20(31)32)25-22(34)18-2-1-9-27-19(30)6-5-17(23(35)28(18)27)26-21(33)14-3-4-16-13(10-14)7-8-24-16/h3-4,8,10,12,15,17-18H,1-2,5-7,9,11H2,(H,25,34)(H,26,33)(H,31,32)/t15-,17-,18-/m0/s1. The number of carbonyl (C=O) groups excluding carboxylic acids is 5. The smallest absolute Gasteiger partial charge is 0.305 e. The highest BCUT2D eigenvalue weighted by atomic mass is 16.4.